The minimum Gasteiger partial charge on any atom is -0.508 e. The second-order valence-electron chi connectivity index (χ2n) is 2.75. The van der Waals surface area contributed by atoms with E-state index < -0.39 is 0 Å². The molecule has 2 nitrogen and oxygen atoms in total. The Labute approximate surface area is 71.8 Å². The van der Waals surface area contributed by atoms with Crippen molar-refractivity contribution >= 4 is 6.29 Å². The SMILES string of the molecule is CCCc1ccc(O)cc1C=O. The maximum absolute atomic E-state index is 10.5. The Hall–Kier alpha value is -1.31. The molecule has 1 rings (SSSR count). The Morgan fingerprint density at radius 1 is 1.50 bits per heavy atom. The third-order valence-corrected chi connectivity index (χ3v) is 1.78. The van der Waals surface area contributed by atoms with Crippen LogP contribution in [0.15, 0.2) is 18.2 Å². The van der Waals surface area contributed by atoms with Gasteiger partial charge in [-0.2, -0.15) is 0 Å². The molecule has 0 saturated heterocycles. The first-order valence-corrected chi connectivity index (χ1v) is 4.05. The number of carbonyl (C=O) groups is 1. The van der Waals surface area contributed by atoms with Crippen molar-refractivity contribution in [3.8, 4) is 5.75 Å². The van der Waals surface area contributed by atoms with Gasteiger partial charge in [0.25, 0.3) is 0 Å². The van der Waals surface area contributed by atoms with Gasteiger partial charge in [-0.15, -0.1) is 0 Å². The Balaban J connectivity index is 3.02. The summed E-state index contributed by atoms with van der Waals surface area (Å²) in [7, 11) is 0. The zero-order chi connectivity index (χ0) is 8.97. The maximum atomic E-state index is 10.5. The third kappa shape index (κ3) is 1.84. The lowest BCUT2D eigenvalue weighted by atomic mass is 10.0. The van der Waals surface area contributed by atoms with E-state index in [0.29, 0.717) is 5.56 Å². The van der Waals surface area contributed by atoms with Crippen molar-refractivity contribution in [2.45, 2.75) is 19.8 Å². The topological polar surface area (TPSA) is 37.3 Å². The molecule has 1 aromatic carbocycles. The molecule has 0 saturated carbocycles. The summed E-state index contributed by atoms with van der Waals surface area (Å²) in [5.41, 5.74) is 1.60. The van der Waals surface area contributed by atoms with Crippen molar-refractivity contribution in [1.82, 2.24) is 0 Å². The first-order valence-electron chi connectivity index (χ1n) is 4.05. The van der Waals surface area contributed by atoms with Crippen molar-refractivity contribution < 1.29 is 9.90 Å². The highest BCUT2D eigenvalue weighted by Crippen LogP contribution is 2.16. The van der Waals surface area contributed by atoms with Gasteiger partial charge >= 0.3 is 0 Å². The Bertz CT molecular complexity index is 279. The fraction of sp³-hybridized carbons (Fsp3) is 0.300. The average Bonchev–Trinajstić information content (AvgIpc) is 2.08. The highest BCUT2D eigenvalue weighted by atomic mass is 16.3. The zero-order valence-corrected chi connectivity index (χ0v) is 7.08. The first kappa shape index (κ1) is 8.78. The summed E-state index contributed by atoms with van der Waals surface area (Å²) < 4.78 is 0. The summed E-state index contributed by atoms with van der Waals surface area (Å²) in [6, 6.07) is 4.90. The van der Waals surface area contributed by atoms with Crippen molar-refractivity contribution in [2.24, 2.45) is 0 Å². The van der Waals surface area contributed by atoms with Gasteiger partial charge in [-0.05, 0) is 24.1 Å². The van der Waals surface area contributed by atoms with Crippen molar-refractivity contribution in [3.63, 3.8) is 0 Å². The van der Waals surface area contributed by atoms with Crippen LogP contribution in [0.1, 0.15) is 29.3 Å². The quantitative estimate of drug-likeness (QED) is 0.695. The smallest absolute Gasteiger partial charge is 0.150 e. The van der Waals surface area contributed by atoms with Gasteiger partial charge in [-0.3, -0.25) is 4.79 Å². The molecule has 1 aromatic rings. The largest absolute Gasteiger partial charge is 0.508 e. The Kier molecular flexibility index (Phi) is 2.86. The number of aldehydes is 1. The van der Waals surface area contributed by atoms with Gasteiger partial charge in [0.2, 0.25) is 0 Å². The van der Waals surface area contributed by atoms with Gasteiger partial charge in [0.1, 0.15) is 12.0 Å². The second kappa shape index (κ2) is 3.90. The third-order valence-electron chi connectivity index (χ3n) is 1.78. The van der Waals surface area contributed by atoms with Crippen LogP contribution >= 0.6 is 0 Å². The summed E-state index contributed by atoms with van der Waals surface area (Å²) in [4.78, 5) is 10.5. The van der Waals surface area contributed by atoms with E-state index in [2.05, 4.69) is 6.92 Å². The van der Waals surface area contributed by atoms with E-state index in [-0.39, 0.29) is 5.75 Å². The molecule has 12 heavy (non-hydrogen) atoms. The number of carbonyl (C=O) groups excluding carboxylic acids is 1. The number of phenolic OH excluding ortho intramolecular Hbond substituents is 1. The monoisotopic (exact) mass is 164 g/mol. The summed E-state index contributed by atoms with van der Waals surface area (Å²) in [6.45, 7) is 2.06. The molecule has 2 heteroatoms. The number of rotatable bonds is 3. The highest BCUT2D eigenvalue weighted by Gasteiger charge is 2.00. The van der Waals surface area contributed by atoms with Gasteiger partial charge in [0, 0.05) is 5.56 Å². The number of aromatic hydroxyl groups is 1. The van der Waals surface area contributed by atoms with Crippen molar-refractivity contribution in [1.29, 1.82) is 0 Å². The van der Waals surface area contributed by atoms with Crippen molar-refractivity contribution in [3.05, 3.63) is 29.3 Å². The van der Waals surface area contributed by atoms with E-state index in [1.54, 1.807) is 12.1 Å². The fourth-order valence-corrected chi connectivity index (χ4v) is 1.19. The van der Waals surface area contributed by atoms with E-state index in [0.717, 1.165) is 24.7 Å². The number of aryl methyl sites for hydroxylation is 1. The van der Waals surface area contributed by atoms with E-state index >= 15 is 0 Å². The van der Waals surface area contributed by atoms with E-state index in [9.17, 15) is 4.79 Å². The molecule has 0 aromatic heterocycles. The molecule has 0 unspecified atom stereocenters. The highest BCUT2D eigenvalue weighted by molar-refractivity contribution is 5.78. The zero-order valence-electron chi connectivity index (χ0n) is 7.08. The van der Waals surface area contributed by atoms with Gasteiger partial charge in [0.05, 0.1) is 0 Å². The molecule has 1 N–H and O–H groups in total. The summed E-state index contributed by atoms with van der Waals surface area (Å²) >= 11 is 0. The van der Waals surface area contributed by atoms with Gasteiger partial charge in [0.15, 0.2) is 0 Å². The van der Waals surface area contributed by atoms with Gasteiger partial charge < -0.3 is 5.11 Å². The molecule has 0 fully saturated rings. The molecule has 0 amide bonds. The van der Waals surface area contributed by atoms with Crippen LogP contribution in [-0.4, -0.2) is 11.4 Å². The van der Waals surface area contributed by atoms with Crippen LogP contribution in [-0.2, 0) is 6.42 Å². The predicted octanol–water partition coefficient (Wildman–Crippen LogP) is 2.16. The molecule has 0 radical (unpaired) electrons. The molecule has 0 aliphatic rings. The molecule has 0 aliphatic carbocycles. The van der Waals surface area contributed by atoms with Crippen LogP contribution in [0, 0.1) is 0 Å². The Morgan fingerprint density at radius 2 is 2.25 bits per heavy atom. The van der Waals surface area contributed by atoms with Crippen LogP contribution < -0.4 is 0 Å². The Morgan fingerprint density at radius 3 is 2.83 bits per heavy atom. The first-order chi connectivity index (χ1) is 5.77. The lowest BCUT2D eigenvalue weighted by Gasteiger charge is -2.02. The minimum atomic E-state index is 0.150. The minimum absolute atomic E-state index is 0.150. The van der Waals surface area contributed by atoms with Gasteiger partial charge in [-0.1, -0.05) is 19.4 Å². The lowest BCUT2D eigenvalue weighted by Crippen LogP contribution is -1.91. The molecular weight excluding hydrogens is 152 g/mol. The van der Waals surface area contributed by atoms with Crippen LogP contribution in [0.2, 0.25) is 0 Å². The molecule has 0 heterocycles. The molecular formula is C10H12O2. The van der Waals surface area contributed by atoms with Gasteiger partial charge in [-0.25, -0.2) is 0 Å². The summed E-state index contributed by atoms with van der Waals surface area (Å²) in [5.74, 6) is 0.150. The molecule has 0 spiro atoms. The second-order valence-corrected chi connectivity index (χ2v) is 2.75. The molecule has 64 valence electrons. The summed E-state index contributed by atoms with van der Waals surface area (Å²) in [5, 5.41) is 9.08. The lowest BCUT2D eigenvalue weighted by molar-refractivity contribution is 0.112. The maximum Gasteiger partial charge on any atom is 0.150 e. The van der Waals surface area contributed by atoms with Crippen LogP contribution in [0.4, 0.5) is 0 Å². The predicted molar refractivity (Wildman–Crippen MR) is 47.5 cm³/mol. The normalized spacial score (nSPS) is 9.75. The number of hydrogen-bond acceptors (Lipinski definition) is 2. The standard InChI is InChI=1S/C10H12O2/c1-2-3-8-4-5-10(12)6-9(8)7-11/h4-7,12H,2-3H2,1H3. The summed E-state index contributed by atoms with van der Waals surface area (Å²) in [6.07, 6.45) is 2.67. The number of benzene rings is 1. The van der Waals surface area contributed by atoms with E-state index in [1.807, 2.05) is 0 Å². The fourth-order valence-electron chi connectivity index (χ4n) is 1.19. The molecule has 0 atom stereocenters. The molecule has 0 aliphatic heterocycles. The van der Waals surface area contributed by atoms with E-state index in [1.165, 1.54) is 6.07 Å². The molecule has 0 bridgehead atoms. The number of phenols is 1. The van der Waals surface area contributed by atoms with Crippen molar-refractivity contribution in [2.75, 3.05) is 0 Å². The number of hydrogen-bond donors (Lipinski definition) is 1. The van der Waals surface area contributed by atoms with Crippen LogP contribution in [0.3, 0.4) is 0 Å². The van der Waals surface area contributed by atoms with Crippen LogP contribution in [0.25, 0.3) is 0 Å². The average molecular weight is 164 g/mol. The van der Waals surface area contributed by atoms with Crippen LogP contribution in [0.5, 0.6) is 5.75 Å². The van der Waals surface area contributed by atoms with E-state index in [4.69, 9.17) is 5.11 Å².